The van der Waals surface area contributed by atoms with Crippen molar-refractivity contribution in [2.75, 3.05) is 18.5 Å². The summed E-state index contributed by atoms with van der Waals surface area (Å²) in [5.41, 5.74) is 2.16. The van der Waals surface area contributed by atoms with Gasteiger partial charge < -0.3 is 19.6 Å². The van der Waals surface area contributed by atoms with Gasteiger partial charge in [0.05, 0.1) is 12.8 Å². The van der Waals surface area contributed by atoms with Crippen LogP contribution in [0.25, 0.3) is 0 Å². The zero-order chi connectivity index (χ0) is 22.8. The quantitative estimate of drug-likeness (QED) is 0.325. The second-order valence-corrected chi connectivity index (χ2v) is 7.05. The summed E-state index contributed by atoms with van der Waals surface area (Å²) < 4.78 is 24.5. The Bertz CT molecular complexity index is 1060. The highest BCUT2D eigenvalue weighted by Crippen LogP contribution is 2.29. The van der Waals surface area contributed by atoms with Crippen LogP contribution in [0.15, 0.2) is 71.9 Å². The summed E-state index contributed by atoms with van der Waals surface area (Å²) in [5, 5.41) is 7.09. The third-order valence-electron chi connectivity index (χ3n) is 4.18. The van der Waals surface area contributed by atoms with Gasteiger partial charge in [-0.2, -0.15) is 0 Å². The minimum Gasteiger partial charge on any atom is -0.490 e. The molecule has 1 amide bonds. The first-order valence-corrected chi connectivity index (χ1v) is 10.3. The largest absolute Gasteiger partial charge is 0.490 e. The second-order valence-electron chi connectivity index (χ2n) is 6.62. The van der Waals surface area contributed by atoms with E-state index in [4.69, 9.17) is 25.9 Å². The lowest BCUT2D eigenvalue weighted by Gasteiger charge is -2.12. The third kappa shape index (κ3) is 7.28. The zero-order valence-electron chi connectivity index (χ0n) is 17.4. The number of oxime groups is 1. The summed E-state index contributed by atoms with van der Waals surface area (Å²) >= 11 is 5.81. The van der Waals surface area contributed by atoms with Gasteiger partial charge in [0.1, 0.15) is 12.4 Å². The molecule has 0 aromatic heterocycles. The van der Waals surface area contributed by atoms with E-state index >= 15 is 0 Å². The van der Waals surface area contributed by atoms with Crippen LogP contribution < -0.4 is 14.8 Å². The molecule has 1 N–H and O–H groups in total. The normalized spacial score (nSPS) is 10.7. The number of carbonyl (C=O) groups is 1. The van der Waals surface area contributed by atoms with Gasteiger partial charge in [-0.1, -0.05) is 28.9 Å². The Morgan fingerprint density at radius 3 is 2.50 bits per heavy atom. The molecule has 0 bridgehead atoms. The van der Waals surface area contributed by atoms with E-state index in [-0.39, 0.29) is 24.9 Å². The highest BCUT2D eigenvalue weighted by Gasteiger charge is 2.07. The van der Waals surface area contributed by atoms with Crippen LogP contribution in [0.3, 0.4) is 0 Å². The van der Waals surface area contributed by atoms with Crippen molar-refractivity contribution in [2.24, 2.45) is 5.16 Å². The lowest BCUT2D eigenvalue weighted by molar-refractivity contribution is -0.120. The topological polar surface area (TPSA) is 69.2 Å². The van der Waals surface area contributed by atoms with Gasteiger partial charge in [-0.05, 0) is 67.1 Å². The SMILES string of the molecule is CCOc1cc(/C=N/OCC(=O)Nc2ccc(Cl)cc2)ccc1OCc1ccc(F)cc1. The van der Waals surface area contributed by atoms with Crippen molar-refractivity contribution < 1.29 is 23.5 Å². The van der Waals surface area contributed by atoms with E-state index in [1.165, 1.54) is 18.3 Å². The number of hydrogen-bond donors (Lipinski definition) is 1. The molecule has 0 radical (unpaired) electrons. The van der Waals surface area contributed by atoms with E-state index in [2.05, 4.69) is 10.5 Å². The van der Waals surface area contributed by atoms with Gasteiger partial charge in [-0.15, -0.1) is 0 Å². The van der Waals surface area contributed by atoms with Crippen LogP contribution in [0.5, 0.6) is 11.5 Å². The number of nitrogens with zero attached hydrogens (tertiary/aromatic N) is 1. The number of halogens is 2. The van der Waals surface area contributed by atoms with E-state index in [1.54, 1.807) is 54.6 Å². The molecule has 0 unspecified atom stereocenters. The van der Waals surface area contributed by atoms with Crippen LogP contribution in [0.2, 0.25) is 5.02 Å². The van der Waals surface area contributed by atoms with Crippen molar-refractivity contribution in [3.05, 3.63) is 88.7 Å². The van der Waals surface area contributed by atoms with Crippen molar-refractivity contribution in [1.29, 1.82) is 0 Å². The molecule has 0 saturated carbocycles. The summed E-state index contributed by atoms with van der Waals surface area (Å²) in [7, 11) is 0. The Balaban J connectivity index is 1.53. The van der Waals surface area contributed by atoms with Gasteiger partial charge in [0.25, 0.3) is 5.91 Å². The number of rotatable bonds is 10. The molecule has 3 aromatic carbocycles. The fourth-order valence-electron chi connectivity index (χ4n) is 2.66. The number of benzene rings is 3. The molecule has 0 aliphatic rings. The van der Waals surface area contributed by atoms with Gasteiger partial charge in [0.2, 0.25) is 0 Å². The van der Waals surface area contributed by atoms with Crippen molar-refractivity contribution in [1.82, 2.24) is 0 Å². The van der Waals surface area contributed by atoms with Crippen LogP contribution >= 0.6 is 11.6 Å². The maximum atomic E-state index is 13.0. The fourth-order valence-corrected chi connectivity index (χ4v) is 2.78. The molecule has 3 aromatic rings. The monoisotopic (exact) mass is 456 g/mol. The molecule has 0 fully saturated rings. The van der Waals surface area contributed by atoms with Gasteiger partial charge in [0.15, 0.2) is 18.1 Å². The van der Waals surface area contributed by atoms with Crippen LogP contribution in [0, 0.1) is 5.82 Å². The summed E-state index contributed by atoms with van der Waals surface area (Å²) in [6, 6.07) is 18.1. The molecular weight excluding hydrogens is 435 g/mol. The molecule has 0 atom stereocenters. The number of hydrogen-bond acceptors (Lipinski definition) is 5. The van der Waals surface area contributed by atoms with Crippen molar-refractivity contribution in [3.8, 4) is 11.5 Å². The molecule has 0 aliphatic heterocycles. The Hall–Kier alpha value is -3.58. The number of carbonyl (C=O) groups excluding carboxylic acids is 1. The Labute approximate surface area is 190 Å². The maximum absolute atomic E-state index is 13.0. The lowest BCUT2D eigenvalue weighted by Crippen LogP contribution is -2.16. The first kappa shape index (κ1) is 23.1. The molecule has 6 nitrogen and oxygen atoms in total. The number of amides is 1. The lowest BCUT2D eigenvalue weighted by atomic mass is 10.2. The van der Waals surface area contributed by atoms with E-state index in [0.717, 1.165) is 5.56 Å². The van der Waals surface area contributed by atoms with E-state index in [0.29, 0.717) is 34.4 Å². The summed E-state index contributed by atoms with van der Waals surface area (Å²) in [4.78, 5) is 17.0. The summed E-state index contributed by atoms with van der Waals surface area (Å²) in [5.74, 6) is 0.455. The molecule has 0 heterocycles. The van der Waals surface area contributed by atoms with Crippen LogP contribution in [-0.4, -0.2) is 25.3 Å². The average molecular weight is 457 g/mol. The average Bonchev–Trinajstić information content (AvgIpc) is 2.79. The fraction of sp³-hybridized carbons (Fsp3) is 0.167. The molecule has 0 aliphatic carbocycles. The first-order chi connectivity index (χ1) is 15.5. The standard InChI is InChI=1S/C24H22ClFN2O4/c1-2-30-23-13-18(5-12-22(23)31-15-17-3-8-20(26)9-4-17)14-27-32-16-24(29)28-21-10-6-19(25)7-11-21/h3-14H,2,15-16H2,1H3,(H,28,29)/b27-14+. The molecular formula is C24H22ClFN2O4. The van der Waals surface area contributed by atoms with E-state index < -0.39 is 0 Å². The van der Waals surface area contributed by atoms with Crippen LogP contribution in [0.4, 0.5) is 10.1 Å². The molecule has 0 saturated heterocycles. The minimum atomic E-state index is -0.344. The molecule has 32 heavy (non-hydrogen) atoms. The third-order valence-corrected chi connectivity index (χ3v) is 4.43. The van der Waals surface area contributed by atoms with Gasteiger partial charge in [-0.25, -0.2) is 4.39 Å². The predicted octanol–water partition coefficient (Wildman–Crippen LogP) is 5.45. The number of nitrogens with one attached hydrogen (secondary N) is 1. The van der Waals surface area contributed by atoms with Crippen molar-refractivity contribution in [3.63, 3.8) is 0 Å². The highest BCUT2D eigenvalue weighted by atomic mass is 35.5. The molecule has 166 valence electrons. The zero-order valence-corrected chi connectivity index (χ0v) is 18.1. The Kier molecular flexibility index (Phi) is 8.45. The number of anilines is 1. The molecule has 0 spiro atoms. The number of ether oxygens (including phenoxy) is 2. The Morgan fingerprint density at radius 2 is 1.78 bits per heavy atom. The van der Waals surface area contributed by atoms with E-state index in [1.807, 2.05) is 6.92 Å². The smallest absolute Gasteiger partial charge is 0.265 e. The first-order valence-electron chi connectivity index (χ1n) is 9.88. The maximum Gasteiger partial charge on any atom is 0.265 e. The van der Waals surface area contributed by atoms with Crippen LogP contribution in [-0.2, 0) is 16.2 Å². The van der Waals surface area contributed by atoms with E-state index in [9.17, 15) is 9.18 Å². The highest BCUT2D eigenvalue weighted by molar-refractivity contribution is 6.30. The molecule has 3 rings (SSSR count). The Morgan fingerprint density at radius 1 is 1.03 bits per heavy atom. The minimum absolute atomic E-state index is 0.240. The van der Waals surface area contributed by atoms with Crippen molar-refractivity contribution >= 4 is 29.4 Å². The van der Waals surface area contributed by atoms with Crippen molar-refractivity contribution in [2.45, 2.75) is 13.5 Å². The van der Waals surface area contributed by atoms with Gasteiger partial charge in [-0.3, -0.25) is 4.79 Å². The predicted molar refractivity (Wildman–Crippen MR) is 122 cm³/mol. The summed E-state index contributed by atoms with van der Waals surface area (Å²) in [6.07, 6.45) is 1.47. The van der Waals surface area contributed by atoms with Crippen LogP contribution in [0.1, 0.15) is 18.1 Å². The second kappa shape index (κ2) is 11.7. The molecule has 8 heteroatoms. The van der Waals surface area contributed by atoms with Gasteiger partial charge >= 0.3 is 0 Å². The summed E-state index contributed by atoms with van der Waals surface area (Å²) in [6.45, 7) is 2.36. The van der Waals surface area contributed by atoms with Gasteiger partial charge in [0, 0.05) is 16.3 Å².